The van der Waals surface area contributed by atoms with Crippen molar-refractivity contribution in [3.63, 3.8) is 0 Å². The first-order valence-corrected chi connectivity index (χ1v) is 6.12. The number of amides is 1. The maximum atomic E-state index is 13.7. The van der Waals surface area contributed by atoms with Gasteiger partial charge in [0.05, 0.1) is 16.9 Å². The summed E-state index contributed by atoms with van der Waals surface area (Å²) in [4.78, 5) is 10.3. The molecule has 6 heteroatoms. The van der Waals surface area contributed by atoms with Crippen LogP contribution in [0.25, 0.3) is 0 Å². The summed E-state index contributed by atoms with van der Waals surface area (Å²) in [5.74, 6) is -0.515. The Labute approximate surface area is 112 Å². The van der Waals surface area contributed by atoms with Crippen molar-refractivity contribution in [2.24, 2.45) is 0 Å². The molecule has 0 spiro atoms. The predicted octanol–water partition coefficient (Wildman–Crippen LogP) is 1.69. The minimum atomic E-state index is -0.607. The summed E-state index contributed by atoms with van der Waals surface area (Å²) in [7, 11) is -0.607. The van der Waals surface area contributed by atoms with Crippen molar-refractivity contribution in [1.29, 1.82) is 0 Å². The van der Waals surface area contributed by atoms with Crippen LogP contribution in [-0.4, -0.2) is 24.7 Å². The molecule has 102 valence electrons. The summed E-state index contributed by atoms with van der Waals surface area (Å²) in [6.45, 7) is 7.74. The Bertz CT molecular complexity index is 489. The molecule has 0 aromatic heterocycles. The minimum Gasteiger partial charge on any atom is -0.399 e. The number of nitrogens with one attached hydrogen (secondary N) is 1. The number of carbonyl (C=O) groups is 1. The van der Waals surface area contributed by atoms with Crippen LogP contribution in [0, 0.1) is 5.82 Å². The summed E-state index contributed by atoms with van der Waals surface area (Å²) < 4.78 is 25.4. The zero-order valence-electron chi connectivity index (χ0n) is 11.5. The maximum absolute atomic E-state index is 13.7. The number of halogens is 1. The number of hydrogen-bond donors (Lipinski definition) is 1. The van der Waals surface area contributed by atoms with Crippen LogP contribution < -0.4 is 10.8 Å². The lowest BCUT2D eigenvalue weighted by atomic mass is 9.79. The van der Waals surface area contributed by atoms with Crippen molar-refractivity contribution in [1.82, 2.24) is 0 Å². The van der Waals surface area contributed by atoms with Crippen molar-refractivity contribution in [2.75, 3.05) is 5.32 Å². The number of rotatable bonds is 3. The van der Waals surface area contributed by atoms with E-state index < -0.39 is 24.1 Å². The van der Waals surface area contributed by atoms with E-state index in [0.29, 0.717) is 11.9 Å². The molecule has 1 N–H and O–H groups in total. The summed E-state index contributed by atoms with van der Waals surface area (Å²) in [5, 5.41) is 2.29. The Morgan fingerprint density at radius 2 is 1.79 bits per heavy atom. The fraction of sp³-hybridized carbons (Fsp3) is 0.462. The van der Waals surface area contributed by atoms with Crippen molar-refractivity contribution in [3.05, 3.63) is 24.0 Å². The van der Waals surface area contributed by atoms with Gasteiger partial charge in [-0.15, -0.1) is 0 Å². The predicted molar refractivity (Wildman–Crippen MR) is 71.8 cm³/mol. The molecule has 1 amide bonds. The summed E-state index contributed by atoms with van der Waals surface area (Å²) in [6, 6.07) is 4.48. The van der Waals surface area contributed by atoms with E-state index in [-0.39, 0.29) is 5.69 Å². The van der Waals surface area contributed by atoms with Gasteiger partial charge >= 0.3 is 7.12 Å². The Morgan fingerprint density at radius 3 is 2.26 bits per heavy atom. The molecule has 1 heterocycles. The van der Waals surface area contributed by atoms with Gasteiger partial charge in [0.15, 0.2) is 0 Å². The number of benzene rings is 1. The summed E-state index contributed by atoms with van der Waals surface area (Å²) in [5.41, 5.74) is -0.204. The molecule has 0 unspecified atom stereocenters. The van der Waals surface area contributed by atoms with Gasteiger partial charge in [0.2, 0.25) is 6.41 Å². The molecule has 2 rings (SSSR count). The molecule has 0 radical (unpaired) electrons. The van der Waals surface area contributed by atoms with E-state index in [2.05, 4.69) is 5.32 Å². The molecule has 1 saturated heterocycles. The molecule has 1 aromatic carbocycles. The van der Waals surface area contributed by atoms with Gasteiger partial charge in [0.1, 0.15) is 5.82 Å². The second-order valence-corrected chi connectivity index (χ2v) is 5.59. The van der Waals surface area contributed by atoms with Crippen molar-refractivity contribution < 1.29 is 18.5 Å². The number of carbonyl (C=O) groups excluding carboxylic acids is 1. The van der Waals surface area contributed by atoms with Gasteiger partial charge in [-0.1, -0.05) is 6.07 Å². The molecule has 0 saturated carbocycles. The fourth-order valence-electron chi connectivity index (χ4n) is 1.84. The second kappa shape index (κ2) is 4.61. The fourth-order valence-corrected chi connectivity index (χ4v) is 1.84. The summed E-state index contributed by atoms with van der Waals surface area (Å²) >= 11 is 0. The third-order valence-electron chi connectivity index (χ3n) is 3.73. The molecular formula is C13H17BFNO3. The highest BCUT2D eigenvalue weighted by atomic mass is 19.1. The summed E-state index contributed by atoms with van der Waals surface area (Å²) in [6.07, 6.45) is 0.437. The van der Waals surface area contributed by atoms with Crippen LogP contribution in [0.15, 0.2) is 18.2 Å². The Balaban J connectivity index is 2.25. The molecule has 1 fully saturated rings. The van der Waals surface area contributed by atoms with Gasteiger partial charge in [-0.3, -0.25) is 4.79 Å². The Morgan fingerprint density at radius 1 is 1.21 bits per heavy atom. The first-order chi connectivity index (χ1) is 8.77. The van der Waals surface area contributed by atoms with Crippen LogP contribution in [0.3, 0.4) is 0 Å². The molecule has 19 heavy (non-hydrogen) atoms. The van der Waals surface area contributed by atoms with Gasteiger partial charge in [-0.25, -0.2) is 4.39 Å². The molecule has 1 aromatic rings. The van der Waals surface area contributed by atoms with E-state index in [0.717, 1.165) is 0 Å². The number of anilines is 1. The normalized spacial score (nSPS) is 20.4. The molecule has 0 bridgehead atoms. The van der Waals surface area contributed by atoms with E-state index in [1.165, 1.54) is 12.1 Å². The SMILES string of the molecule is CC1(C)OB(c2ccc(NC=O)c(F)c2)OC1(C)C. The minimum absolute atomic E-state index is 0.135. The van der Waals surface area contributed by atoms with Crippen molar-refractivity contribution in [3.8, 4) is 0 Å². The van der Waals surface area contributed by atoms with Crippen LogP contribution in [0.4, 0.5) is 10.1 Å². The van der Waals surface area contributed by atoms with E-state index in [4.69, 9.17) is 9.31 Å². The van der Waals surface area contributed by atoms with Crippen molar-refractivity contribution >= 4 is 24.7 Å². The van der Waals surface area contributed by atoms with E-state index in [1.807, 2.05) is 27.7 Å². The third kappa shape index (κ3) is 2.50. The van der Waals surface area contributed by atoms with E-state index >= 15 is 0 Å². The lowest BCUT2D eigenvalue weighted by Gasteiger charge is -2.32. The first kappa shape index (κ1) is 14.0. The molecule has 1 aliphatic rings. The van der Waals surface area contributed by atoms with Crippen molar-refractivity contribution in [2.45, 2.75) is 38.9 Å². The van der Waals surface area contributed by atoms with Gasteiger partial charge in [-0.05, 0) is 45.3 Å². The molecule has 0 aliphatic carbocycles. The topological polar surface area (TPSA) is 47.6 Å². The van der Waals surface area contributed by atoms with Crippen LogP contribution >= 0.6 is 0 Å². The quantitative estimate of drug-likeness (QED) is 0.668. The highest BCUT2D eigenvalue weighted by molar-refractivity contribution is 6.62. The largest absolute Gasteiger partial charge is 0.494 e. The van der Waals surface area contributed by atoms with Crippen LogP contribution in [0.5, 0.6) is 0 Å². The lowest BCUT2D eigenvalue weighted by molar-refractivity contribution is -0.105. The number of hydrogen-bond acceptors (Lipinski definition) is 3. The average molecular weight is 265 g/mol. The van der Waals surface area contributed by atoms with Gasteiger partial charge in [-0.2, -0.15) is 0 Å². The smallest absolute Gasteiger partial charge is 0.399 e. The lowest BCUT2D eigenvalue weighted by Crippen LogP contribution is -2.41. The van der Waals surface area contributed by atoms with Crippen LogP contribution in [-0.2, 0) is 14.1 Å². The van der Waals surface area contributed by atoms with E-state index in [1.54, 1.807) is 6.07 Å². The molecular weight excluding hydrogens is 248 g/mol. The highest BCUT2D eigenvalue weighted by Gasteiger charge is 2.51. The molecule has 1 aliphatic heterocycles. The molecule has 0 atom stereocenters. The van der Waals surface area contributed by atoms with Gasteiger partial charge in [0, 0.05) is 0 Å². The average Bonchev–Trinajstić information content (AvgIpc) is 2.51. The zero-order chi connectivity index (χ0) is 14.3. The maximum Gasteiger partial charge on any atom is 0.494 e. The second-order valence-electron chi connectivity index (χ2n) is 5.59. The third-order valence-corrected chi connectivity index (χ3v) is 3.73. The highest BCUT2D eigenvalue weighted by Crippen LogP contribution is 2.36. The zero-order valence-corrected chi connectivity index (χ0v) is 11.5. The van der Waals surface area contributed by atoms with Gasteiger partial charge < -0.3 is 14.6 Å². The Kier molecular flexibility index (Phi) is 3.41. The molecule has 4 nitrogen and oxygen atoms in total. The van der Waals surface area contributed by atoms with Crippen LogP contribution in [0.1, 0.15) is 27.7 Å². The Hall–Kier alpha value is -1.40. The van der Waals surface area contributed by atoms with Gasteiger partial charge in [0.25, 0.3) is 0 Å². The standard InChI is InChI=1S/C13H17BFNO3/c1-12(2)13(3,4)19-14(18-12)9-5-6-11(16-8-17)10(15)7-9/h5-8H,1-4H3,(H,16,17). The van der Waals surface area contributed by atoms with Crippen LogP contribution in [0.2, 0.25) is 0 Å². The first-order valence-electron chi connectivity index (χ1n) is 6.12. The monoisotopic (exact) mass is 265 g/mol. The van der Waals surface area contributed by atoms with E-state index in [9.17, 15) is 9.18 Å².